The molecule has 3 N–H and O–H groups in total. The molecular formula is C20H23F3IN3O. The second-order valence-electron chi connectivity index (χ2n) is 6.59. The van der Waals surface area contributed by atoms with Gasteiger partial charge < -0.3 is 15.8 Å². The molecule has 0 unspecified atom stereocenters. The number of benzene rings is 2. The number of ether oxygens (including phenoxy) is 1. The Balaban J connectivity index is 0.00000280. The van der Waals surface area contributed by atoms with Crippen LogP contribution >= 0.6 is 24.0 Å². The number of nitrogens with zero attached hydrogens (tertiary/aromatic N) is 1. The van der Waals surface area contributed by atoms with Gasteiger partial charge in [0.1, 0.15) is 6.61 Å². The van der Waals surface area contributed by atoms with Crippen molar-refractivity contribution in [2.45, 2.75) is 38.6 Å². The van der Waals surface area contributed by atoms with Crippen molar-refractivity contribution in [2.24, 2.45) is 10.7 Å². The summed E-state index contributed by atoms with van der Waals surface area (Å²) in [6.07, 6.45) is -0.918. The molecule has 4 nitrogen and oxygen atoms in total. The Morgan fingerprint density at radius 3 is 2.61 bits per heavy atom. The van der Waals surface area contributed by atoms with E-state index in [1.807, 2.05) is 12.1 Å². The zero-order valence-electron chi connectivity index (χ0n) is 15.3. The number of fused-ring (bicyclic) bond motifs is 1. The molecule has 152 valence electrons. The second-order valence-corrected chi connectivity index (χ2v) is 6.59. The zero-order valence-corrected chi connectivity index (χ0v) is 17.6. The molecule has 0 atom stereocenters. The van der Waals surface area contributed by atoms with Gasteiger partial charge in [-0.25, -0.2) is 4.99 Å². The van der Waals surface area contributed by atoms with Crippen LogP contribution in [0.15, 0.2) is 47.5 Å². The fourth-order valence-electron chi connectivity index (χ4n) is 3.12. The molecule has 0 spiro atoms. The minimum Gasteiger partial charge on any atom is -0.370 e. The third-order valence-corrected chi connectivity index (χ3v) is 4.33. The first-order chi connectivity index (χ1) is 12.9. The van der Waals surface area contributed by atoms with E-state index in [-0.39, 0.29) is 30.6 Å². The maximum absolute atomic E-state index is 12.1. The highest BCUT2D eigenvalue weighted by atomic mass is 127. The average Bonchev–Trinajstić information content (AvgIpc) is 3.07. The normalized spacial score (nSPS) is 13.8. The highest BCUT2D eigenvalue weighted by Gasteiger charge is 2.27. The van der Waals surface area contributed by atoms with Gasteiger partial charge in [0.15, 0.2) is 5.96 Å². The van der Waals surface area contributed by atoms with Gasteiger partial charge in [0, 0.05) is 5.69 Å². The minimum absolute atomic E-state index is 0. The van der Waals surface area contributed by atoms with Crippen LogP contribution in [0.5, 0.6) is 0 Å². The van der Waals surface area contributed by atoms with Gasteiger partial charge in [-0.3, -0.25) is 0 Å². The molecule has 0 fully saturated rings. The van der Waals surface area contributed by atoms with E-state index in [1.165, 1.54) is 17.5 Å². The Hall–Kier alpha value is -1.81. The lowest BCUT2D eigenvalue weighted by Crippen LogP contribution is -2.22. The van der Waals surface area contributed by atoms with E-state index in [0.29, 0.717) is 18.1 Å². The molecule has 0 aliphatic heterocycles. The fourth-order valence-corrected chi connectivity index (χ4v) is 3.12. The van der Waals surface area contributed by atoms with Gasteiger partial charge in [0.2, 0.25) is 0 Å². The van der Waals surface area contributed by atoms with E-state index in [2.05, 4.69) is 27.2 Å². The highest BCUT2D eigenvalue weighted by Crippen LogP contribution is 2.24. The van der Waals surface area contributed by atoms with Crippen molar-refractivity contribution in [3.8, 4) is 0 Å². The molecule has 0 saturated heterocycles. The number of rotatable bonds is 6. The first-order valence-corrected chi connectivity index (χ1v) is 8.80. The van der Waals surface area contributed by atoms with E-state index < -0.39 is 12.8 Å². The highest BCUT2D eigenvalue weighted by molar-refractivity contribution is 14.0. The van der Waals surface area contributed by atoms with Crippen LogP contribution in [0.3, 0.4) is 0 Å². The number of aliphatic imine (C=N–C) groups is 1. The number of hydrogen-bond donors (Lipinski definition) is 2. The Labute approximate surface area is 179 Å². The van der Waals surface area contributed by atoms with Crippen LogP contribution in [-0.2, 0) is 30.7 Å². The number of anilines is 1. The molecule has 0 radical (unpaired) electrons. The van der Waals surface area contributed by atoms with Crippen molar-refractivity contribution >= 4 is 35.6 Å². The number of nitrogens with one attached hydrogen (secondary N) is 1. The zero-order chi connectivity index (χ0) is 19.3. The van der Waals surface area contributed by atoms with Gasteiger partial charge in [-0.05, 0) is 53.6 Å². The lowest BCUT2D eigenvalue weighted by atomic mass is 10.1. The summed E-state index contributed by atoms with van der Waals surface area (Å²) in [6.45, 7) is -1.02. The summed E-state index contributed by atoms with van der Waals surface area (Å²) in [5.41, 5.74) is 11.1. The standard InChI is InChI=1S/C20H22F3N3O.HI/c21-20(22,23)13-27-12-15-4-1-3-14(9-15)11-25-19(24)26-18-8-7-16-5-2-6-17(16)10-18;/h1,3-4,7-10H,2,5-6,11-13H2,(H3,24,25,26);1H. The summed E-state index contributed by atoms with van der Waals surface area (Å²) in [4.78, 5) is 4.31. The van der Waals surface area contributed by atoms with E-state index in [0.717, 1.165) is 24.1 Å². The number of halogens is 4. The van der Waals surface area contributed by atoms with Crippen LogP contribution in [0.4, 0.5) is 18.9 Å². The summed E-state index contributed by atoms with van der Waals surface area (Å²) in [6, 6.07) is 13.3. The Bertz CT molecular complexity index is 825. The van der Waals surface area contributed by atoms with Gasteiger partial charge in [0.25, 0.3) is 0 Å². The SMILES string of the molecule is I.NC(=NCc1cccc(COCC(F)(F)F)c1)Nc1ccc2c(c1)CCC2. The Morgan fingerprint density at radius 2 is 1.82 bits per heavy atom. The molecule has 0 amide bonds. The first kappa shape index (κ1) is 22.5. The van der Waals surface area contributed by atoms with Crippen molar-refractivity contribution in [1.82, 2.24) is 0 Å². The third kappa shape index (κ3) is 6.97. The number of alkyl halides is 3. The van der Waals surface area contributed by atoms with Crippen LogP contribution in [0.2, 0.25) is 0 Å². The summed E-state index contributed by atoms with van der Waals surface area (Å²) in [5, 5.41) is 3.09. The van der Waals surface area contributed by atoms with Gasteiger partial charge >= 0.3 is 6.18 Å². The summed E-state index contributed by atoms with van der Waals surface area (Å²) < 4.78 is 41.1. The number of aryl methyl sites for hydroxylation is 2. The number of hydrogen-bond acceptors (Lipinski definition) is 2. The van der Waals surface area contributed by atoms with Gasteiger partial charge in [0.05, 0.1) is 13.2 Å². The lowest BCUT2D eigenvalue weighted by Gasteiger charge is -2.09. The molecule has 0 bridgehead atoms. The van der Waals surface area contributed by atoms with Crippen molar-refractivity contribution < 1.29 is 17.9 Å². The lowest BCUT2D eigenvalue weighted by molar-refractivity contribution is -0.176. The summed E-state index contributed by atoms with van der Waals surface area (Å²) in [7, 11) is 0. The Morgan fingerprint density at radius 1 is 1.07 bits per heavy atom. The molecule has 0 saturated carbocycles. The van der Waals surface area contributed by atoms with E-state index in [9.17, 15) is 13.2 Å². The monoisotopic (exact) mass is 505 g/mol. The molecule has 2 aromatic rings. The quantitative estimate of drug-likeness (QED) is 0.337. The van der Waals surface area contributed by atoms with E-state index in [4.69, 9.17) is 5.73 Å². The second kappa shape index (κ2) is 10.1. The van der Waals surface area contributed by atoms with Crippen LogP contribution in [0.1, 0.15) is 28.7 Å². The predicted octanol–water partition coefficient (Wildman–Crippen LogP) is 4.80. The topological polar surface area (TPSA) is 59.6 Å². The van der Waals surface area contributed by atoms with E-state index >= 15 is 0 Å². The van der Waals surface area contributed by atoms with Crippen molar-refractivity contribution in [3.05, 3.63) is 64.7 Å². The Kier molecular flexibility index (Phi) is 8.11. The molecule has 2 aromatic carbocycles. The largest absolute Gasteiger partial charge is 0.411 e. The van der Waals surface area contributed by atoms with Crippen LogP contribution in [0, 0.1) is 0 Å². The smallest absolute Gasteiger partial charge is 0.370 e. The van der Waals surface area contributed by atoms with Gasteiger partial charge in [-0.2, -0.15) is 13.2 Å². The third-order valence-electron chi connectivity index (χ3n) is 4.33. The summed E-state index contributed by atoms with van der Waals surface area (Å²) >= 11 is 0. The molecule has 0 heterocycles. The molecule has 28 heavy (non-hydrogen) atoms. The predicted molar refractivity (Wildman–Crippen MR) is 115 cm³/mol. The van der Waals surface area contributed by atoms with E-state index in [1.54, 1.807) is 18.2 Å². The maximum Gasteiger partial charge on any atom is 0.411 e. The molecule has 1 aliphatic carbocycles. The molecule has 8 heteroatoms. The number of guanidine groups is 1. The molecule has 0 aromatic heterocycles. The maximum atomic E-state index is 12.1. The van der Waals surface area contributed by atoms with Crippen molar-refractivity contribution in [1.29, 1.82) is 0 Å². The first-order valence-electron chi connectivity index (χ1n) is 8.80. The summed E-state index contributed by atoms with van der Waals surface area (Å²) in [5.74, 6) is 0.298. The number of nitrogens with two attached hydrogens (primary N) is 1. The molecule has 3 rings (SSSR count). The van der Waals surface area contributed by atoms with Crippen LogP contribution < -0.4 is 11.1 Å². The van der Waals surface area contributed by atoms with Gasteiger partial charge in [-0.1, -0.05) is 30.3 Å². The van der Waals surface area contributed by atoms with Crippen molar-refractivity contribution in [3.63, 3.8) is 0 Å². The molecular weight excluding hydrogens is 482 g/mol. The molecule has 1 aliphatic rings. The average molecular weight is 505 g/mol. The van der Waals surface area contributed by atoms with Crippen LogP contribution in [-0.4, -0.2) is 18.7 Å². The van der Waals surface area contributed by atoms with Crippen LogP contribution in [0.25, 0.3) is 0 Å². The van der Waals surface area contributed by atoms with Crippen molar-refractivity contribution in [2.75, 3.05) is 11.9 Å². The minimum atomic E-state index is -4.32. The fraction of sp³-hybridized carbons (Fsp3) is 0.350. The van der Waals surface area contributed by atoms with Gasteiger partial charge in [-0.15, -0.1) is 24.0 Å².